The number of hydrogen-bond acceptors (Lipinski definition) is 4. The maximum atomic E-state index is 12.4. The average molecular weight is 295 g/mol. The van der Waals surface area contributed by atoms with Crippen LogP contribution in [0.15, 0.2) is 21.6 Å². The Morgan fingerprint density at radius 2 is 2.30 bits per heavy atom. The molecule has 2 atom stereocenters. The van der Waals surface area contributed by atoms with Crippen LogP contribution < -0.4 is 0 Å². The number of carbonyl (C=O) groups is 2. The summed E-state index contributed by atoms with van der Waals surface area (Å²) in [5.74, 6) is -0.575. The summed E-state index contributed by atoms with van der Waals surface area (Å²) in [7, 11) is 0. The molecule has 3 rings (SSSR count). The number of furan rings is 1. The number of amides is 1. The van der Waals surface area contributed by atoms with E-state index in [2.05, 4.69) is 0 Å². The fourth-order valence-corrected chi connectivity index (χ4v) is 3.87. The molecule has 0 unspecified atom stereocenters. The molecule has 1 aromatic heterocycles. The second-order valence-corrected chi connectivity index (χ2v) is 6.37. The summed E-state index contributed by atoms with van der Waals surface area (Å²) >= 11 is 1.44. The molecule has 0 bridgehead atoms. The third-order valence-electron chi connectivity index (χ3n) is 4.58. The number of carbonyl (C=O) groups excluding carboxylic acids is 1. The quantitative estimate of drug-likeness (QED) is 0.867. The van der Waals surface area contributed by atoms with Crippen molar-refractivity contribution in [2.45, 2.75) is 24.4 Å². The first-order valence-electron chi connectivity index (χ1n) is 6.73. The molecule has 2 heterocycles. The Balaban J connectivity index is 1.80. The smallest absolute Gasteiger partial charge is 0.311 e. The summed E-state index contributed by atoms with van der Waals surface area (Å²) in [6, 6.07) is 3.43. The molecule has 1 saturated carbocycles. The van der Waals surface area contributed by atoms with Gasteiger partial charge in [0, 0.05) is 13.1 Å². The molecule has 108 valence electrons. The zero-order valence-electron chi connectivity index (χ0n) is 11.3. The predicted octanol–water partition coefficient (Wildman–Crippen LogP) is 2.33. The molecule has 1 aromatic rings. The summed E-state index contributed by atoms with van der Waals surface area (Å²) in [5, 5.41) is 10.2. The molecule has 5 nitrogen and oxygen atoms in total. The average Bonchev–Trinajstić information content (AvgIpc) is 3.11. The zero-order valence-corrected chi connectivity index (χ0v) is 12.1. The van der Waals surface area contributed by atoms with Gasteiger partial charge in [0.2, 0.25) is 0 Å². The minimum Gasteiger partial charge on any atom is -0.481 e. The molecule has 2 fully saturated rings. The lowest BCUT2D eigenvalue weighted by Gasteiger charge is -2.22. The van der Waals surface area contributed by atoms with Crippen LogP contribution in [0.2, 0.25) is 0 Å². The monoisotopic (exact) mass is 295 g/mol. The third-order valence-corrected chi connectivity index (χ3v) is 5.20. The number of aliphatic carboxylic acids is 1. The van der Waals surface area contributed by atoms with Crippen molar-refractivity contribution in [2.24, 2.45) is 11.3 Å². The molecule has 0 radical (unpaired) electrons. The summed E-state index contributed by atoms with van der Waals surface area (Å²) in [6.45, 7) is 0.835. The molecule has 1 N–H and O–H groups in total. The Labute approximate surface area is 121 Å². The molecule has 6 heteroatoms. The van der Waals surface area contributed by atoms with Gasteiger partial charge in [0.15, 0.2) is 10.9 Å². The number of likely N-dealkylation sites (tertiary alicyclic amines) is 1. The fourth-order valence-electron chi connectivity index (χ4n) is 3.49. The van der Waals surface area contributed by atoms with Crippen LogP contribution in [-0.2, 0) is 4.79 Å². The minimum absolute atomic E-state index is 0.0823. The van der Waals surface area contributed by atoms with Crippen molar-refractivity contribution in [3.05, 3.63) is 17.9 Å². The van der Waals surface area contributed by atoms with E-state index in [0.717, 1.165) is 12.8 Å². The third kappa shape index (κ3) is 1.93. The Bertz CT molecular complexity index is 555. The topological polar surface area (TPSA) is 70.8 Å². The van der Waals surface area contributed by atoms with Crippen molar-refractivity contribution >= 4 is 23.6 Å². The summed E-state index contributed by atoms with van der Waals surface area (Å²) < 4.78 is 5.45. The summed E-state index contributed by atoms with van der Waals surface area (Å²) in [5.41, 5.74) is -0.732. The maximum Gasteiger partial charge on any atom is 0.311 e. The lowest BCUT2D eigenvalue weighted by molar-refractivity contribution is -0.149. The molecule has 1 saturated heterocycles. The van der Waals surface area contributed by atoms with Crippen molar-refractivity contribution in [3.8, 4) is 0 Å². The van der Waals surface area contributed by atoms with Crippen LogP contribution >= 0.6 is 11.8 Å². The van der Waals surface area contributed by atoms with Crippen LogP contribution in [0.25, 0.3) is 0 Å². The first-order chi connectivity index (χ1) is 9.56. The van der Waals surface area contributed by atoms with Crippen LogP contribution in [0, 0.1) is 11.3 Å². The van der Waals surface area contributed by atoms with Gasteiger partial charge in [-0.05, 0) is 37.1 Å². The molecular formula is C14H17NO4S. The second kappa shape index (κ2) is 4.84. The maximum absolute atomic E-state index is 12.4. The van der Waals surface area contributed by atoms with Crippen molar-refractivity contribution in [1.29, 1.82) is 0 Å². The van der Waals surface area contributed by atoms with Crippen LogP contribution in [0.4, 0.5) is 0 Å². The SMILES string of the molecule is CSc1ccc(C(=O)N2C[C@@H]3CCC[C@@]3(C(=O)O)C2)o1. The van der Waals surface area contributed by atoms with Crippen molar-refractivity contribution in [3.63, 3.8) is 0 Å². The first kappa shape index (κ1) is 13.5. The Morgan fingerprint density at radius 1 is 1.50 bits per heavy atom. The van der Waals surface area contributed by atoms with E-state index < -0.39 is 11.4 Å². The summed E-state index contributed by atoms with van der Waals surface area (Å²) in [4.78, 5) is 25.6. The van der Waals surface area contributed by atoms with Crippen molar-refractivity contribution in [2.75, 3.05) is 19.3 Å². The van der Waals surface area contributed by atoms with Gasteiger partial charge in [-0.3, -0.25) is 9.59 Å². The first-order valence-corrected chi connectivity index (χ1v) is 7.96. The van der Waals surface area contributed by atoms with Gasteiger partial charge < -0.3 is 14.4 Å². The number of thioether (sulfide) groups is 1. The zero-order chi connectivity index (χ0) is 14.3. The van der Waals surface area contributed by atoms with Crippen LogP contribution in [-0.4, -0.2) is 41.2 Å². The van der Waals surface area contributed by atoms with Gasteiger partial charge >= 0.3 is 5.97 Å². The lowest BCUT2D eigenvalue weighted by atomic mass is 9.81. The molecule has 20 heavy (non-hydrogen) atoms. The number of rotatable bonds is 3. The number of hydrogen-bond donors (Lipinski definition) is 1. The van der Waals surface area contributed by atoms with E-state index in [1.165, 1.54) is 11.8 Å². The highest BCUT2D eigenvalue weighted by molar-refractivity contribution is 7.98. The van der Waals surface area contributed by atoms with E-state index in [1.807, 2.05) is 6.26 Å². The van der Waals surface area contributed by atoms with Gasteiger partial charge in [-0.15, -0.1) is 0 Å². The Morgan fingerprint density at radius 3 is 2.90 bits per heavy atom. The van der Waals surface area contributed by atoms with Crippen LogP contribution in [0.5, 0.6) is 0 Å². The Hall–Kier alpha value is -1.43. The minimum atomic E-state index is -0.764. The van der Waals surface area contributed by atoms with Gasteiger partial charge in [-0.2, -0.15) is 0 Å². The van der Waals surface area contributed by atoms with Gasteiger partial charge in [0.25, 0.3) is 5.91 Å². The molecule has 0 spiro atoms. The van der Waals surface area contributed by atoms with Gasteiger partial charge in [0.1, 0.15) is 0 Å². The second-order valence-electron chi connectivity index (χ2n) is 5.56. The standard InChI is InChI=1S/C14H17NO4S/c1-20-11-5-4-10(19-11)12(16)15-7-9-3-2-6-14(9,8-15)13(17)18/h4-5,9H,2-3,6-8H2,1H3,(H,17,18)/t9-,14+/m0/s1. The molecule has 0 aromatic carbocycles. The number of nitrogens with zero attached hydrogens (tertiary/aromatic N) is 1. The molecular weight excluding hydrogens is 278 g/mol. The highest BCUT2D eigenvalue weighted by Crippen LogP contribution is 2.49. The van der Waals surface area contributed by atoms with Gasteiger partial charge in [-0.1, -0.05) is 18.2 Å². The van der Waals surface area contributed by atoms with Crippen molar-refractivity contribution < 1.29 is 19.1 Å². The van der Waals surface area contributed by atoms with Crippen LogP contribution in [0.3, 0.4) is 0 Å². The van der Waals surface area contributed by atoms with Gasteiger partial charge in [-0.25, -0.2) is 0 Å². The van der Waals surface area contributed by atoms with E-state index in [4.69, 9.17) is 4.42 Å². The molecule has 1 amide bonds. The highest BCUT2D eigenvalue weighted by Gasteiger charge is 2.56. The van der Waals surface area contributed by atoms with E-state index in [1.54, 1.807) is 17.0 Å². The molecule has 1 aliphatic heterocycles. The largest absolute Gasteiger partial charge is 0.481 e. The Kier molecular flexibility index (Phi) is 3.28. The number of carboxylic acids is 1. The van der Waals surface area contributed by atoms with Gasteiger partial charge in [0.05, 0.1) is 5.41 Å². The lowest BCUT2D eigenvalue weighted by Crippen LogP contribution is -2.37. The molecule has 2 aliphatic rings. The van der Waals surface area contributed by atoms with E-state index in [9.17, 15) is 14.7 Å². The van der Waals surface area contributed by atoms with E-state index in [0.29, 0.717) is 30.4 Å². The predicted molar refractivity (Wildman–Crippen MR) is 73.8 cm³/mol. The van der Waals surface area contributed by atoms with E-state index in [-0.39, 0.29) is 11.8 Å². The van der Waals surface area contributed by atoms with Crippen LogP contribution in [0.1, 0.15) is 29.8 Å². The molecule has 1 aliphatic carbocycles. The van der Waals surface area contributed by atoms with Crippen molar-refractivity contribution in [1.82, 2.24) is 4.90 Å². The highest BCUT2D eigenvalue weighted by atomic mass is 32.2. The van der Waals surface area contributed by atoms with E-state index >= 15 is 0 Å². The fraction of sp³-hybridized carbons (Fsp3) is 0.571. The summed E-state index contributed by atoms with van der Waals surface area (Å²) in [6.07, 6.45) is 4.39. The number of fused-ring (bicyclic) bond motifs is 1. The normalized spacial score (nSPS) is 28.6. The number of carboxylic acid groups (broad SMARTS) is 1.